The van der Waals surface area contributed by atoms with E-state index in [1.807, 2.05) is 0 Å². The number of esters is 1. The summed E-state index contributed by atoms with van der Waals surface area (Å²) < 4.78 is 10.9. The minimum absolute atomic E-state index is 0.374. The Morgan fingerprint density at radius 1 is 1.27 bits per heavy atom. The summed E-state index contributed by atoms with van der Waals surface area (Å²) in [7, 11) is 0. The van der Waals surface area contributed by atoms with E-state index in [-0.39, 0.29) is 5.97 Å². The molecule has 0 saturated carbocycles. The van der Waals surface area contributed by atoms with Crippen molar-refractivity contribution in [2.24, 2.45) is 5.92 Å². The number of hydrogen-bond acceptors (Lipinski definition) is 3. The van der Waals surface area contributed by atoms with Gasteiger partial charge in [0.05, 0.1) is 11.6 Å². The van der Waals surface area contributed by atoms with Crippen LogP contribution in [0.2, 0.25) is 10.0 Å². The van der Waals surface area contributed by atoms with Crippen LogP contribution in [0.4, 0.5) is 0 Å². The van der Waals surface area contributed by atoms with Crippen LogP contribution in [-0.2, 0) is 9.53 Å². The van der Waals surface area contributed by atoms with Gasteiger partial charge < -0.3 is 9.47 Å². The molecule has 5 heteroatoms. The van der Waals surface area contributed by atoms with E-state index < -0.39 is 6.10 Å². The van der Waals surface area contributed by atoms with E-state index in [0.717, 1.165) is 25.7 Å². The van der Waals surface area contributed by atoms with Crippen molar-refractivity contribution >= 4 is 29.2 Å². The molecule has 0 radical (unpaired) electrons. The van der Waals surface area contributed by atoms with Crippen LogP contribution in [0, 0.1) is 5.92 Å². The highest BCUT2D eigenvalue weighted by atomic mass is 35.5. The lowest BCUT2D eigenvalue weighted by Gasteiger charge is -2.18. The van der Waals surface area contributed by atoms with E-state index in [9.17, 15) is 4.79 Å². The van der Waals surface area contributed by atoms with E-state index in [0.29, 0.717) is 28.3 Å². The number of hydrogen-bond donors (Lipinski definition) is 0. The number of ether oxygens (including phenoxy) is 2. The zero-order chi connectivity index (χ0) is 16.5. The van der Waals surface area contributed by atoms with Crippen molar-refractivity contribution in [3.05, 3.63) is 28.2 Å². The van der Waals surface area contributed by atoms with Crippen molar-refractivity contribution in [1.29, 1.82) is 0 Å². The molecule has 0 fully saturated rings. The van der Waals surface area contributed by atoms with Crippen molar-refractivity contribution in [3.63, 3.8) is 0 Å². The number of benzene rings is 1. The molecule has 0 heterocycles. The summed E-state index contributed by atoms with van der Waals surface area (Å²) in [5.41, 5.74) is 0. The van der Waals surface area contributed by atoms with Gasteiger partial charge in [0.15, 0.2) is 6.10 Å². The molecule has 0 amide bonds. The van der Waals surface area contributed by atoms with Gasteiger partial charge in [-0.15, -0.1) is 0 Å². The summed E-state index contributed by atoms with van der Waals surface area (Å²) in [4.78, 5) is 12.0. The molecule has 0 aliphatic heterocycles. The summed E-state index contributed by atoms with van der Waals surface area (Å²) in [5.74, 6) is 0.463. The molecule has 0 N–H and O–H groups in total. The minimum atomic E-state index is -0.706. The summed E-state index contributed by atoms with van der Waals surface area (Å²) >= 11 is 11.9. The largest absolute Gasteiger partial charge is 0.477 e. The third kappa shape index (κ3) is 6.45. The molecule has 0 unspecified atom stereocenters. The molecule has 0 aliphatic carbocycles. The SMILES string of the molecule is CCCC[C@H](CC)COC(=O)[C@H](C)Oc1ccc(Cl)cc1Cl. The average molecular weight is 347 g/mol. The standard InChI is InChI=1S/C17H24Cl2O3/c1-4-6-7-13(5-2)11-21-17(20)12(3)22-16-9-8-14(18)10-15(16)19/h8-10,12-13H,4-7,11H2,1-3H3/t12-,13-/m0/s1. The first-order valence-corrected chi connectivity index (χ1v) is 8.51. The highest BCUT2D eigenvalue weighted by Gasteiger charge is 2.19. The third-order valence-corrected chi connectivity index (χ3v) is 4.06. The molecular formula is C17H24Cl2O3. The number of carbonyl (C=O) groups is 1. The van der Waals surface area contributed by atoms with Crippen LogP contribution in [0.25, 0.3) is 0 Å². The number of carbonyl (C=O) groups excluding carboxylic acids is 1. The summed E-state index contributed by atoms with van der Waals surface area (Å²) in [6, 6.07) is 4.89. The Bertz CT molecular complexity index is 477. The molecule has 0 saturated heterocycles. The summed E-state index contributed by atoms with van der Waals surface area (Å²) in [5, 5.41) is 0.899. The molecular weight excluding hydrogens is 323 g/mol. The van der Waals surface area contributed by atoms with Crippen molar-refractivity contribution < 1.29 is 14.3 Å². The van der Waals surface area contributed by atoms with Crippen LogP contribution in [0.5, 0.6) is 5.75 Å². The maximum Gasteiger partial charge on any atom is 0.347 e. The van der Waals surface area contributed by atoms with Gasteiger partial charge in [-0.3, -0.25) is 0 Å². The van der Waals surface area contributed by atoms with Crippen LogP contribution < -0.4 is 4.74 Å². The van der Waals surface area contributed by atoms with Gasteiger partial charge in [-0.2, -0.15) is 0 Å². The lowest BCUT2D eigenvalue weighted by atomic mass is 10.0. The van der Waals surface area contributed by atoms with Crippen LogP contribution in [0.3, 0.4) is 0 Å². The fraction of sp³-hybridized carbons (Fsp3) is 0.588. The molecule has 0 aliphatic rings. The van der Waals surface area contributed by atoms with Crippen LogP contribution in [0.1, 0.15) is 46.5 Å². The molecule has 3 nitrogen and oxygen atoms in total. The van der Waals surface area contributed by atoms with E-state index in [1.54, 1.807) is 25.1 Å². The quantitative estimate of drug-likeness (QED) is 0.552. The lowest BCUT2D eigenvalue weighted by Crippen LogP contribution is -2.28. The summed E-state index contributed by atoms with van der Waals surface area (Å²) in [6.45, 7) is 6.36. The lowest BCUT2D eigenvalue weighted by molar-refractivity contribution is -0.152. The van der Waals surface area contributed by atoms with Gasteiger partial charge in [-0.05, 0) is 37.5 Å². The van der Waals surface area contributed by atoms with Gasteiger partial charge in [0.25, 0.3) is 0 Å². The van der Waals surface area contributed by atoms with Gasteiger partial charge in [-0.1, -0.05) is 56.3 Å². The predicted molar refractivity (Wildman–Crippen MR) is 90.8 cm³/mol. The Balaban J connectivity index is 2.47. The van der Waals surface area contributed by atoms with Crippen molar-refractivity contribution in [1.82, 2.24) is 0 Å². The average Bonchev–Trinajstić information content (AvgIpc) is 2.49. The van der Waals surface area contributed by atoms with Crippen molar-refractivity contribution in [2.45, 2.75) is 52.6 Å². The first kappa shape index (κ1) is 19.1. The molecule has 22 heavy (non-hydrogen) atoms. The zero-order valence-corrected chi connectivity index (χ0v) is 14.9. The van der Waals surface area contributed by atoms with Gasteiger partial charge in [0.2, 0.25) is 0 Å². The van der Waals surface area contributed by atoms with Gasteiger partial charge >= 0.3 is 5.97 Å². The monoisotopic (exact) mass is 346 g/mol. The first-order valence-electron chi connectivity index (χ1n) is 7.76. The Morgan fingerprint density at radius 2 is 2.00 bits per heavy atom. The Morgan fingerprint density at radius 3 is 2.59 bits per heavy atom. The van der Waals surface area contributed by atoms with E-state index in [2.05, 4.69) is 13.8 Å². The Kier molecular flexibility index (Phi) is 8.66. The van der Waals surface area contributed by atoms with Gasteiger partial charge in [0, 0.05) is 5.02 Å². The number of halogens is 2. The molecule has 0 spiro atoms. The maximum atomic E-state index is 12.0. The highest BCUT2D eigenvalue weighted by molar-refractivity contribution is 6.35. The number of unbranched alkanes of at least 4 members (excludes halogenated alkanes) is 1. The van der Waals surface area contributed by atoms with E-state index in [4.69, 9.17) is 32.7 Å². The predicted octanol–water partition coefficient (Wildman–Crippen LogP) is 5.52. The minimum Gasteiger partial charge on any atom is -0.477 e. The molecule has 1 rings (SSSR count). The Labute approximate surface area is 142 Å². The highest BCUT2D eigenvalue weighted by Crippen LogP contribution is 2.28. The van der Waals surface area contributed by atoms with E-state index in [1.165, 1.54) is 0 Å². The molecule has 124 valence electrons. The van der Waals surface area contributed by atoms with Gasteiger partial charge in [-0.25, -0.2) is 4.79 Å². The second-order valence-electron chi connectivity index (χ2n) is 5.38. The van der Waals surface area contributed by atoms with Gasteiger partial charge in [0.1, 0.15) is 5.75 Å². The van der Waals surface area contributed by atoms with Crippen LogP contribution >= 0.6 is 23.2 Å². The second-order valence-corrected chi connectivity index (χ2v) is 6.23. The van der Waals surface area contributed by atoms with Crippen LogP contribution in [0.15, 0.2) is 18.2 Å². The van der Waals surface area contributed by atoms with E-state index >= 15 is 0 Å². The number of rotatable bonds is 9. The smallest absolute Gasteiger partial charge is 0.347 e. The normalized spacial score (nSPS) is 13.5. The van der Waals surface area contributed by atoms with Crippen molar-refractivity contribution in [2.75, 3.05) is 6.61 Å². The summed E-state index contributed by atoms with van der Waals surface area (Å²) in [6.07, 6.45) is 3.69. The molecule has 1 aromatic carbocycles. The second kappa shape index (κ2) is 9.96. The topological polar surface area (TPSA) is 35.5 Å². The molecule has 1 aromatic rings. The fourth-order valence-corrected chi connectivity index (χ4v) is 2.48. The zero-order valence-electron chi connectivity index (χ0n) is 13.4. The molecule has 0 aromatic heterocycles. The maximum absolute atomic E-state index is 12.0. The Hall–Kier alpha value is -0.930. The molecule has 2 atom stereocenters. The fourth-order valence-electron chi connectivity index (χ4n) is 2.02. The van der Waals surface area contributed by atoms with Crippen molar-refractivity contribution in [3.8, 4) is 5.75 Å². The third-order valence-electron chi connectivity index (χ3n) is 3.53. The molecule has 0 bridgehead atoms. The van der Waals surface area contributed by atoms with Crippen LogP contribution in [-0.4, -0.2) is 18.7 Å². The first-order chi connectivity index (χ1) is 10.5.